The van der Waals surface area contributed by atoms with Crippen LogP contribution in [0.5, 0.6) is 5.75 Å². The van der Waals surface area contributed by atoms with Crippen LogP contribution in [0.4, 0.5) is 5.69 Å². The lowest BCUT2D eigenvalue weighted by Crippen LogP contribution is -2.22. The van der Waals surface area contributed by atoms with E-state index in [1.165, 1.54) is 25.3 Å². The van der Waals surface area contributed by atoms with Gasteiger partial charge < -0.3 is 10.1 Å². The third-order valence-corrected chi connectivity index (χ3v) is 2.65. The van der Waals surface area contributed by atoms with Crippen molar-refractivity contribution in [2.24, 2.45) is 0 Å². The highest BCUT2D eigenvalue weighted by atomic mass is 16.6. The SMILES string of the molecule is COc1ccc(C(=O)NCc2cn[nH]c2)cc1[N+](=O)[O-]. The Kier molecular flexibility index (Phi) is 3.94. The van der Waals surface area contributed by atoms with Crippen molar-refractivity contribution in [2.45, 2.75) is 6.54 Å². The van der Waals surface area contributed by atoms with Crippen LogP contribution in [0, 0.1) is 10.1 Å². The third kappa shape index (κ3) is 2.91. The van der Waals surface area contributed by atoms with Crippen molar-refractivity contribution in [1.29, 1.82) is 0 Å². The second kappa shape index (κ2) is 5.83. The van der Waals surface area contributed by atoms with Gasteiger partial charge in [-0.1, -0.05) is 0 Å². The highest BCUT2D eigenvalue weighted by molar-refractivity contribution is 5.95. The number of nitro benzene ring substituents is 1. The van der Waals surface area contributed by atoms with Gasteiger partial charge in [-0.05, 0) is 12.1 Å². The van der Waals surface area contributed by atoms with Gasteiger partial charge in [-0.2, -0.15) is 5.10 Å². The Balaban J connectivity index is 2.13. The Morgan fingerprint density at radius 2 is 2.35 bits per heavy atom. The lowest BCUT2D eigenvalue weighted by Gasteiger charge is -2.06. The van der Waals surface area contributed by atoms with Crippen molar-refractivity contribution < 1.29 is 14.5 Å². The number of methoxy groups -OCH3 is 1. The van der Waals surface area contributed by atoms with Gasteiger partial charge >= 0.3 is 5.69 Å². The van der Waals surface area contributed by atoms with E-state index in [4.69, 9.17) is 4.74 Å². The largest absolute Gasteiger partial charge is 0.490 e. The summed E-state index contributed by atoms with van der Waals surface area (Å²) in [5.74, 6) is -0.293. The number of hydrogen-bond acceptors (Lipinski definition) is 5. The molecule has 8 nitrogen and oxygen atoms in total. The fraction of sp³-hybridized carbons (Fsp3) is 0.167. The first-order valence-corrected chi connectivity index (χ1v) is 5.70. The number of nitro groups is 1. The zero-order valence-corrected chi connectivity index (χ0v) is 10.6. The highest BCUT2D eigenvalue weighted by Crippen LogP contribution is 2.27. The minimum atomic E-state index is -0.592. The summed E-state index contributed by atoms with van der Waals surface area (Å²) in [6.07, 6.45) is 3.23. The number of nitrogens with zero attached hydrogens (tertiary/aromatic N) is 2. The van der Waals surface area contributed by atoms with E-state index in [-0.39, 0.29) is 23.5 Å². The van der Waals surface area contributed by atoms with E-state index >= 15 is 0 Å². The molecule has 0 unspecified atom stereocenters. The van der Waals surface area contributed by atoms with Crippen molar-refractivity contribution >= 4 is 11.6 Å². The molecule has 0 fully saturated rings. The number of aromatic amines is 1. The highest BCUT2D eigenvalue weighted by Gasteiger charge is 2.18. The topological polar surface area (TPSA) is 110 Å². The lowest BCUT2D eigenvalue weighted by atomic mass is 10.1. The van der Waals surface area contributed by atoms with E-state index < -0.39 is 10.8 Å². The van der Waals surface area contributed by atoms with Crippen LogP contribution in [-0.4, -0.2) is 28.1 Å². The van der Waals surface area contributed by atoms with Crippen molar-refractivity contribution in [2.75, 3.05) is 7.11 Å². The summed E-state index contributed by atoms with van der Waals surface area (Å²) in [4.78, 5) is 22.2. The number of hydrogen-bond donors (Lipinski definition) is 2. The molecule has 8 heteroatoms. The van der Waals surface area contributed by atoms with Crippen LogP contribution in [0.15, 0.2) is 30.6 Å². The molecule has 0 bridgehead atoms. The number of amides is 1. The summed E-state index contributed by atoms with van der Waals surface area (Å²) in [6.45, 7) is 0.287. The fourth-order valence-corrected chi connectivity index (χ4v) is 1.63. The number of carbonyl (C=O) groups is 1. The Bertz CT molecular complexity index is 624. The molecular formula is C12H12N4O4. The summed E-state index contributed by atoms with van der Waals surface area (Å²) in [5.41, 5.74) is 0.755. The van der Waals surface area contributed by atoms with E-state index in [9.17, 15) is 14.9 Å². The first kappa shape index (κ1) is 13.5. The van der Waals surface area contributed by atoms with Crippen LogP contribution in [0.3, 0.4) is 0 Å². The molecule has 0 atom stereocenters. The van der Waals surface area contributed by atoms with Crippen LogP contribution in [-0.2, 0) is 6.54 Å². The second-order valence-corrected chi connectivity index (χ2v) is 3.93. The molecule has 2 N–H and O–H groups in total. The number of H-pyrrole nitrogens is 1. The molecule has 2 aromatic rings. The molecule has 1 aromatic heterocycles. The molecular weight excluding hydrogens is 264 g/mol. The van der Waals surface area contributed by atoms with Gasteiger partial charge in [0.05, 0.1) is 18.2 Å². The summed E-state index contributed by atoms with van der Waals surface area (Å²) >= 11 is 0. The number of benzene rings is 1. The van der Waals surface area contributed by atoms with Gasteiger partial charge in [-0.3, -0.25) is 20.0 Å². The van der Waals surface area contributed by atoms with E-state index in [0.29, 0.717) is 0 Å². The normalized spacial score (nSPS) is 10.1. The van der Waals surface area contributed by atoms with E-state index in [0.717, 1.165) is 5.56 Å². The maximum absolute atomic E-state index is 11.9. The quantitative estimate of drug-likeness (QED) is 0.631. The van der Waals surface area contributed by atoms with Crippen molar-refractivity contribution in [1.82, 2.24) is 15.5 Å². The maximum atomic E-state index is 11.9. The molecule has 20 heavy (non-hydrogen) atoms. The van der Waals surface area contributed by atoms with Crippen molar-refractivity contribution in [3.05, 3.63) is 51.8 Å². The Morgan fingerprint density at radius 1 is 1.55 bits per heavy atom. The molecule has 0 saturated heterocycles. The first-order valence-electron chi connectivity index (χ1n) is 5.70. The minimum absolute atomic E-state index is 0.112. The molecule has 0 aliphatic rings. The molecule has 0 radical (unpaired) electrons. The number of nitrogens with one attached hydrogen (secondary N) is 2. The zero-order valence-electron chi connectivity index (χ0n) is 10.6. The van der Waals surface area contributed by atoms with Gasteiger partial charge in [0.2, 0.25) is 0 Å². The number of ether oxygens (including phenoxy) is 1. The Hall–Kier alpha value is -2.90. The molecule has 104 valence electrons. The van der Waals surface area contributed by atoms with Crippen LogP contribution in [0.25, 0.3) is 0 Å². The predicted octanol–water partition coefficient (Wildman–Crippen LogP) is 1.26. The van der Waals surface area contributed by atoms with Gasteiger partial charge in [0.15, 0.2) is 5.75 Å². The first-order chi connectivity index (χ1) is 9.61. The van der Waals surface area contributed by atoms with Gasteiger partial charge in [0.1, 0.15) is 0 Å². The molecule has 0 spiro atoms. The van der Waals surface area contributed by atoms with E-state index in [1.807, 2.05) is 0 Å². The van der Waals surface area contributed by atoms with Gasteiger partial charge in [0.25, 0.3) is 5.91 Å². The molecule has 1 aromatic carbocycles. The number of rotatable bonds is 5. The third-order valence-electron chi connectivity index (χ3n) is 2.65. The molecule has 0 aliphatic heterocycles. The van der Waals surface area contributed by atoms with E-state index in [2.05, 4.69) is 15.5 Å². The number of aromatic nitrogens is 2. The van der Waals surface area contributed by atoms with Crippen LogP contribution >= 0.6 is 0 Å². The second-order valence-electron chi connectivity index (χ2n) is 3.93. The Labute approximate surface area is 113 Å². The summed E-state index contributed by atoms with van der Waals surface area (Å²) < 4.78 is 4.87. The summed E-state index contributed by atoms with van der Waals surface area (Å²) in [7, 11) is 1.33. The minimum Gasteiger partial charge on any atom is -0.490 e. The molecule has 0 saturated carbocycles. The molecule has 1 heterocycles. The predicted molar refractivity (Wildman–Crippen MR) is 69.4 cm³/mol. The number of carbonyl (C=O) groups excluding carboxylic acids is 1. The van der Waals surface area contributed by atoms with Crippen LogP contribution < -0.4 is 10.1 Å². The van der Waals surface area contributed by atoms with Crippen LogP contribution in [0.1, 0.15) is 15.9 Å². The molecule has 2 rings (SSSR count). The average molecular weight is 276 g/mol. The smallest absolute Gasteiger partial charge is 0.311 e. The lowest BCUT2D eigenvalue weighted by molar-refractivity contribution is -0.385. The van der Waals surface area contributed by atoms with E-state index in [1.54, 1.807) is 12.4 Å². The molecule has 0 aliphatic carbocycles. The standard InChI is InChI=1S/C12H12N4O4/c1-20-11-3-2-9(4-10(11)16(18)19)12(17)13-5-8-6-14-15-7-8/h2-4,6-7H,5H2,1H3,(H,13,17)(H,14,15). The van der Waals surface area contributed by atoms with Crippen molar-refractivity contribution in [3.63, 3.8) is 0 Å². The van der Waals surface area contributed by atoms with Crippen molar-refractivity contribution in [3.8, 4) is 5.75 Å². The van der Waals surface area contributed by atoms with Crippen LogP contribution in [0.2, 0.25) is 0 Å². The average Bonchev–Trinajstić information content (AvgIpc) is 2.97. The fourth-order valence-electron chi connectivity index (χ4n) is 1.63. The monoisotopic (exact) mass is 276 g/mol. The zero-order chi connectivity index (χ0) is 14.5. The summed E-state index contributed by atoms with van der Waals surface area (Å²) in [5, 5.41) is 19.9. The maximum Gasteiger partial charge on any atom is 0.311 e. The Morgan fingerprint density at radius 3 is 2.95 bits per heavy atom. The van der Waals surface area contributed by atoms with Gasteiger partial charge in [0, 0.05) is 29.9 Å². The molecule has 1 amide bonds. The van der Waals surface area contributed by atoms with Gasteiger partial charge in [-0.25, -0.2) is 0 Å². The van der Waals surface area contributed by atoms with Gasteiger partial charge in [-0.15, -0.1) is 0 Å². The summed E-state index contributed by atoms with van der Waals surface area (Å²) in [6, 6.07) is 4.05.